The van der Waals surface area contributed by atoms with Gasteiger partial charge in [-0.1, -0.05) is 42.5 Å². The molecule has 0 N–H and O–H groups in total. The first-order chi connectivity index (χ1) is 12.9. The maximum absolute atomic E-state index is 12.7. The highest BCUT2D eigenvalue weighted by atomic mass is 16.5. The van der Waals surface area contributed by atoms with Gasteiger partial charge in [0.2, 0.25) is 0 Å². The number of para-hydroxylation sites is 1. The smallest absolute Gasteiger partial charge is 0.316 e. The Labute approximate surface area is 156 Å². The zero-order valence-corrected chi connectivity index (χ0v) is 15.2. The van der Waals surface area contributed by atoms with Crippen molar-refractivity contribution in [3.63, 3.8) is 0 Å². The molecule has 2 aromatic carbocycles. The summed E-state index contributed by atoms with van der Waals surface area (Å²) in [5.74, 6) is -0.183. The molecule has 1 aromatic heterocycles. The van der Waals surface area contributed by atoms with Crippen LogP contribution in [-0.2, 0) is 28.1 Å². The number of nitrogens with zero attached hydrogens (tertiary/aromatic N) is 3. The van der Waals surface area contributed by atoms with Crippen LogP contribution >= 0.6 is 0 Å². The van der Waals surface area contributed by atoms with Gasteiger partial charge in [0.1, 0.15) is 13.2 Å². The summed E-state index contributed by atoms with van der Waals surface area (Å²) in [6.45, 7) is 3.21. The molecule has 0 aliphatic carbocycles. The molecule has 0 fully saturated rings. The van der Waals surface area contributed by atoms with Gasteiger partial charge in [0.25, 0.3) is 5.56 Å². The van der Waals surface area contributed by atoms with Gasteiger partial charge >= 0.3 is 5.97 Å². The predicted octanol–water partition coefficient (Wildman–Crippen LogP) is 2.94. The highest BCUT2D eigenvalue weighted by Crippen LogP contribution is 2.25. The molecule has 0 spiro atoms. The van der Waals surface area contributed by atoms with Gasteiger partial charge < -0.3 is 4.74 Å². The second kappa shape index (κ2) is 7.42. The molecule has 6 nitrogen and oxygen atoms in total. The van der Waals surface area contributed by atoms with E-state index in [9.17, 15) is 9.59 Å². The van der Waals surface area contributed by atoms with Crippen molar-refractivity contribution in [2.24, 2.45) is 0 Å². The summed E-state index contributed by atoms with van der Waals surface area (Å²) in [5.41, 5.74) is 0.162. The fourth-order valence-corrected chi connectivity index (χ4v) is 2.84. The average molecular weight is 361 g/mol. The van der Waals surface area contributed by atoms with Gasteiger partial charge in [0.15, 0.2) is 5.82 Å². The van der Waals surface area contributed by atoms with Crippen LogP contribution in [0.15, 0.2) is 59.4 Å². The van der Waals surface area contributed by atoms with E-state index in [2.05, 4.69) is 4.98 Å². The number of fused-ring (bicyclic) bond motifs is 1. The van der Waals surface area contributed by atoms with E-state index in [4.69, 9.17) is 10.00 Å². The molecule has 27 heavy (non-hydrogen) atoms. The molecule has 136 valence electrons. The second-order valence-electron chi connectivity index (χ2n) is 6.66. The topological polar surface area (TPSA) is 85.0 Å². The van der Waals surface area contributed by atoms with Crippen LogP contribution in [0.2, 0.25) is 0 Å². The first kappa shape index (κ1) is 18.3. The quantitative estimate of drug-likeness (QED) is 0.652. The van der Waals surface area contributed by atoms with Gasteiger partial charge in [-0.3, -0.25) is 14.2 Å². The van der Waals surface area contributed by atoms with Crippen molar-refractivity contribution in [1.29, 1.82) is 5.26 Å². The minimum absolute atomic E-state index is 0.161. The van der Waals surface area contributed by atoms with E-state index in [0.717, 1.165) is 5.56 Å². The van der Waals surface area contributed by atoms with Crippen LogP contribution in [0.3, 0.4) is 0 Å². The summed E-state index contributed by atoms with van der Waals surface area (Å²) >= 11 is 0. The molecular weight excluding hydrogens is 342 g/mol. The van der Waals surface area contributed by atoms with Crippen LogP contribution in [0.25, 0.3) is 10.9 Å². The summed E-state index contributed by atoms with van der Waals surface area (Å²) in [6.07, 6.45) is 0. The summed E-state index contributed by atoms with van der Waals surface area (Å²) in [6, 6.07) is 18.2. The fourth-order valence-electron chi connectivity index (χ4n) is 2.84. The summed E-state index contributed by atoms with van der Waals surface area (Å²) in [4.78, 5) is 29.7. The molecule has 1 heterocycles. The Balaban J connectivity index is 1.90. The van der Waals surface area contributed by atoms with Crippen LogP contribution in [0.4, 0.5) is 0 Å². The third-order valence-electron chi connectivity index (χ3n) is 4.51. The van der Waals surface area contributed by atoms with E-state index in [1.54, 1.807) is 38.1 Å². The Morgan fingerprint density at radius 1 is 1.15 bits per heavy atom. The number of hydrogen-bond donors (Lipinski definition) is 0. The van der Waals surface area contributed by atoms with Crippen molar-refractivity contribution in [2.45, 2.75) is 32.4 Å². The van der Waals surface area contributed by atoms with Crippen LogP contribution in [0, 0.1) is 11.3 Å². The standard InChI is InChI=1S/C21H19N3O3/c1-21(2,15-8-4-3-5-9-15)20(26)27-14-18-23-17-11-7-6-10-16(17)19(25)24(18)13-12-22/h3-11H,13-14H2,1-2H3. The third-order valence-corrected chi connectivity index (χ3v) is 4.51. The monoisotopic (exact) mass is 361 g/mol. The number of hydrogen-bond acceptors (Lipinski definition) is 5. The number of carbonyl (C=O) groups is 1. The lowest BCUT2D eigenvalue weighted by atomic mass is 9.85. The van der Waals surface area contributed by atoms with E-state index in [0.29, 0.717) is 10.9 Å². The van der Waals surface area contributed by atoms with Crippen molar-refractivity contribution in [3.05, 3.63) is 76.3 Å². The van der Waals surface area contributed by atoms with Crippen molar-refractivity contribution >= 4 is 16.9 Å². The van der Waals surface area contributed by atoms with Gasteiger partial charge in [0.05, 0.1) is 22.4 Å². The molecule has 0 amide bonds. The molecule has 0 saturated heterocycles. The maximum atomic E-state index is 12.7. The highest BCUT2D eigenvalue weighted by molar-refractivity contribution is 5.82. The van der Waals surface area contributed by atoms with E-state index >= 15 is 0 Å². The number of benzene rings is 2. The van der Waals surface area contributed by atoms with E-state index in [1.807, 2.05) is 36.4 Å². The zero-order valence-electron chi connectivity index (χ0n) is 15.2. The molecule has 0 unspecified atom stereocenters. The molecular formula is C21H19N3O3. The number of nitriles is 1. The van der Waals surface area contributed by atoms with Crippen molar-refractivity contribution in [1.82, 2.24) is 9.55 Å². The van der Waals surface area contributed by atoms with Crippen molar-refractivity contribution < 1.29 is 9.53 Å². The predicted molar refractivity (Wildman–Crippen MR) is 101 cm³/mol. The molecule has 3 rings (SSSR count). The minimum atomic E-state index is -0.849. The van der Waals surface area contributed by atoms with E-state index in [1.165, 1.54) is 4.57 Å². The van der Waals surface area contributed by atoms with Crippen LogP contribution < -0.4 is 5.56 Å². The lowest BCUT2D eigenvalue weighted by Crippen LogP contribution is -2.32. The fraction of sp³-hybridized carbons (Fsp3) is 0.238. The van der Waals surface area contributed by atoms with Gasteiger partial charge in [-0.25, -0.2) is 4.98 Å². The molecule has 0 saturated carbocycles. The molecule has 0 atom stereocenters. The summed E-state index contributed by atoms with van der Waals surface area (Å²) in [5, 5.41) is 9.47. The minimum Gasteiger partial charge on any atom is -0.457 e. The number of esters is 1. The number of rotatable bonds is 5. The molecule has 0 aliphatic rings. The number of carbonyl (C=O) groups excluding carboxylic acids is 1. The Morgan fingerprint density at radius 3 is 2.52 bits per heavy atom. The average Bonchev–Trinajstić information content (AvgIpc) is 2.69. The second-order valence-corrected chi connectivity index (χ2v) is 6.66. The summed E-state index contributed by atoms with van der Waals surface area (Å²) < 4.78 is 6.71. The van der Waals surface area contributed by atoms with Crippen molar-refractivity contribution in [2.75, 3.05) is 0 Å². The van der Waals surface area contributed by atoms with Crippen molar-refractivity contribution in [3.8, 4) is 6.07 Å². The van der Waals surface area contributed by atoms with Crippen LogP contribution in [-0.4, -0.2) is 15.5 Å². The zero-order chi connectivity index (χ0) is 19.4. The van der Waals surface area contributed by atoms with Gasteiger partial charge in [-0.05, 0) is 31.5 Å². The molecule has 0 aliphatic heterocycles. The molecule has 0 radical (unpaired) electrons. The normalized spacial score (nSPS) is 11.1. The molecule has 6 heteroatoms. The number of aromatic nitrogens is 2. The van der Waals surface area contributed by atoms with Gasteiger partial charge in [-0.2, -0.15) is 5.26 Å². The lowest BCUT2D eigenvalue weighted by Gasteiger charge is -2.23. The van der Waals surface area contributed by atoms with E-state index in [-0.39, 0.29) is 24.5 Å². The first-order valence-corrected chi connectivity index (χ1v) is 8.53. The number of ether oxygens (including phenoxy) is 1. The Bertz CT molecular complexity index is 1080. The highest BCUT2D eigenvalue weighted by Gasteiger charge is 2.31. The Hall–Kier alpha value is -3.46. The lowest BCUT2D eigenvalue weighted by molar-refractivity contribution is -0.151. The Kier molecular flexibility index (Phi) is 5.04. The first-order valence-electron chi connectivity index (χ1n) is 8.53. The third kappa shape index (κ3) is 3.58. The maximum Gasteiger partial charge on any atom is 0.316 e. The van der Waals surface area contributed by atoms with Crippen LogP contribution in [0.1, 0.15) is 25.2 Å². The van der Waals surface area contributed by atoms with Crippen LogP contribution in [0.5, 0.6) is 0 Å². The van der Waals surface area contributed by atoms with Gasteiger partial charge in [-0.15, -0.1) is 0 Å². The largest absolute Gasteiger partial charge is 0.457 e. The van der Waals surface area contributed by atoms with E-state index < -0.39 is 11.4 Å². The molecule has 3 aromatic rings. The molecule has 0 bridgehead atoms. The summed E-state index contributed by atoms with van der Waals surface area (Å²) in [7, 11) is 0. The van der Waals surface area contributed by atoms with Gasteiger partial charge in [0, 0.05) is 0 Å². The Morgan fingerprint density at radius 2 is 1.81 bits per heavy atom. The SMILES string of the molecule is CC(C)(C(=O)OCc1nc2ccccc2c(=O)n1CC#N)c1ccccc1.